The molecule has 0 aliphatic rings. The molecular formula is C18H21N. The molecule has 2 aromatic carbocycles. The van der Waals surface area contributed by atoms with Crippen LogP contribution in [0, 0.1) is 0 Å². The smallest absolute Gasteiger partial charge is 0.0449 e. The van der Waals surface area contributed by atoms with E-state index in [9.17, 15) is 0 Å². The van der Waals surface area contributed by atoms with Crippen LogP contribution in [0.5, 0.6) is 0 Å². The van der Waals surface area contributed by atoms with E-state index in [1.54, 1.807) is 0 Å². The number of hydrogen-bond acceptors (Lipinski definition) is 1. The highest BCUT2D eigenvalue weighted by Gasteiger charge is 2.13. The Morgan fingerprint density at radius 2 is 1.68 bits per heavy atom. The van der Waals surface area contributed by atoms with Crippen LogP contribution in [0.1, 0.15) is 25.3 Å². The van der Waals surface area contributed by atoms with Crippen molar-refractivity contribution in [3.05, 3.63) is 72.8 Å². The van der Waals surface area contributed by atoms with Gasteiger partial charge in [0.05, 0.1) is 0 Å². The maximum atomic E-state index is 3.92. The van der Waals surface area contributed by atoms with Crippen LogP contribution in [0.2, 0.25) is 0 Å². The summed E-state index contributed by atoms with van der Waals surface area (Å²) < 4.78 is 0. The first-order valence-electron chi connectivity index (χ1n) is 6.82. The second-order valence-electron chi connectivity index (χ2n) is 4.66. The van der Waals surface area contributed by atoms with Gasteiger partial charge in [0.15, 0.2) is 0 Å². The second kappa shape index (κ2) is 6.24. The van der Waals surface area contributed by atoms with Gasteiger partial charge in [0, 0.05) is 23.8 Å². The number of hydrogen-bond donors (Lipinski definition) is 0. The summed E-state index contributed by atoms with van der Waals surface area (Å²) in [5.41, 5.74) is 3.82. The van der Waals surface area contributed by atoms with Crippen molar-refractivity contribution in [1.82, 2.24) is 0 Å². The van der Waals surface area contributed by atoms with E-state index in [4.69, 9.17) is 0 Å². The molecular weight excluding hydrogens is 230 g/mol. The summed E-state index contributed by atoms with van der Waals surface area (Å²) in [4.78, 5) is 2.34. The van der Waals surface area contributed by atoms with Crippen LogP contribution >= 0.6 is 0 Å². The van der Waals surface area contributed by atoms with Gasteiger partial charge in [-0.05, 0) is 30.7 Å². The van der Waals surface area contributed by atoms with E-state index in [1.807, 2.05) is 6.08 Å². The van der Waals surface area contributed by atoms with Crippen molar-refractivity contribution in [3.63, 3.8) is 0 Å². The maximum Gasteiger partial charge on any atom is 0.0449 e. The fourth-order valence-corrected chi connectivity index (χ4v) is 2.35. The summed E-state index contributed by atoms with van der Waals surface area (Å²) in [6, 6.07) is 19.1. The molecule has 0 bridgehead atoms. The highest BCUT2D eigenvalue weighted by molar-refractivity contribution is 5.67. The topological polar surface area (TPSA) is 3.24 Å². The number of benzene rings is 2. The average Bonchev–Trinajstić information content (AvgIpc) is 2.49. The van der Waals surface area contributed by atoms with E-state index in [-0.39, 0.29) is 0 Å². The van der Waals surface area contributed by atoms with Gasteiger partial charge in [-0.2, -0.15) is 0 Å². The third-order valence-corrected chi connectivity index (χ3v) is 3.46. The van der Waals surface area contributed by atoms with E-state index < -0.39 is 0 Å². The van der Waals surface area contributed by atoms with E-state index in [0.29, 0.717) is 5.92 Å². The first kappa shape index (κ1) is 13.4. The number of anilines is 2. The molecule has 98 valence electrons. The van der Waals surface area contributed by atoms with E-state index in [1.165, 1.54) is 16.9 Å². The fraction of sp³-hybridized carbons (Fsp3) is 0.222. The lowest BCUT2D eigenvalue weighted by Crippen LogP contribution is -2.18. The van der Waals surface area contributed by atoms with Crippen molar-refractivity contribution < 1.29 is 0 Å². The predicted molar refractivity (Wildman–Crippen MR) is 84.2 cm³/mol. The normalized spacial score (nSPS) is 11.9. The van der Waals surface area contributed by atoms with Crippen molar-refractivity contribution in [2.45, 2.75) is 19.8 Å². The molecule has 1 nitrogen and oxygen atoms in total. The summed E-state index contributed by atoms with van der Waals surface area (Å²) >= 11 is 0. The number of para-hydroxylation sites is 2. The van der Waals surface area contributed by atoms with Crippen LogP contribution in [-0.4, -0.2) is 6.54 Å². The highest BCUT2D eigenvalue weighted by atomic mass is 15.1. The molecule has 0 radical (unpaired) electrons. The summed E-state index contributed by atoms with van der Waals surface area (Å²) in [6.07, 6.45) is 2.00. The molecule has 0 fully saturated rings. The first-order valence-corrected chi connectivity index (χ1v) is 6.82. The lowest BCUT2D eigenvalue weighted by atomic mass is 9.98. The lowest BCUT2D eigenvalue weighted by Gasteiger charge is -2.27. The lowest BCUT2D eigenvalue weighted by molar-refractivity contribution is 0.936. The molecule has 19 heavy (non-hydrogen) atoms. The molecule has 0 heterocycles. The van der Waals surface area contributed by atoms with E-state index >= 15 is 0 Å². The van der Waals surface area contributed by atoms with Gasteiger partial charge in [-0.25, -0.2) is 0 Å². The van der Waals surface area contributed by atoms with Gasteiger partial charge in [0.2, 0.25) is 0 Å². The Hall–Kier alpha value is -2.02. The molecule has 0 aliphatic carbocycles. The van der Waals surface area contributed by atoms with Crippen LogP contribution in [0.15, 0.2) is 67.3 Å². The van der Waals surface area contributed by atoms with E-state index in [2.05, 4.69) is 79.9 Å². The molecule has 0 aromatic heterocycles. The zero-order valence-corrected chi connectivity index (χ0v) is 11.7. The standard InChI is InChI=1S/C18H21N/c1-4-15(3)17-13-9-10-14-18(17)19(5-2)16-11-7-6-8-12-16/h4,6-15H,1,5H2,2-3H3. The van der Waals surface area contributed by atoms with Crippen LogP contribution in [0.3, 0.4) is 0 Å². The summed E-state index contributed by atoms with van der Waals surface area (Å²) in [5.74, 6) is 0.356. The fourth-order valence-electron chi connectivity index (χ4n) is 2.35. The van der Waals surface area contributed by atoms with Crippen LogP contribution < -0.4 is 4.90 Å². The molecule has 2 rings (SSSR count). The number of allylic oxidation sites excluding steroid dienone is 1. The minimum Gasteiger partial charge on any atom is -0.342 e. The quantitative estimate of drug-likeness (QED) is 0.665. The van der Waals surface area contributed by atoms with E-state index in [0.717, 1.165) is 6.54 Å². The summed E-state index contributed by atoms with van der Waals surface area (Å²) in [7, 11) is 0. The minimum absolute atomic E-state index is 0.356. The number of nitrogens with zero attached hydrogens (tertiary/aromatic N) is 1. The Labute approximate surface area is 116 Å². The molecule has 0 spiro atoms. The van der Waals surface area contributed by atoms with Gasteiger partial charge in [-0.3, -0.25) is 0 Å². The van der Waals surface area contributed by atoms with Crippen LogP contribution in [-0.2, 0) is 0 Å². The molecule has 0 saturated carbocycles. The monoisotopic (exact) mass is 251 g/mol. The third-order valence-electron chi connectivity index (χ3n) is 3.46. The third kappa shape index (κ3) is 2.87. The highest BCUT2D eigenvalue weighted by Crippen LogP contribution is 2.32. The SMILES string of the molecule is C=CC(C)c1ccccc1N(CC)c1ccccc1. The Balaban J connectivity index is 2.47. The van der Waals surface area contributed by atoms with Crippen molar-refractivity contribution >= 4 is 11.4 Å². The zero-order chi connectivity index (χ0) is 13.7. The molecule has 0 amide bonds. The molecule has 2 aromatic rings. The maximum absolute atomic E-state index is 3.92. The van der Waals surface area contributed by atoms with Crippen molar-refractivity contribution in [2.24, 2.45) is 0 Å². The van der Waals surface area contributed by atoms with Gasteiger partial charge < -0.3 is 4.90 Å². The zero-order valence-electron chi connectivity index (χ0n) is 11.7. The first-order chi connectivity index (χ1) is 9.27. The Morgan fingerprint density at radius 3 is 2.32 bits per heavy atom. The Bertz CT molecular complexity index is 530. The van der Waals surface area contributed by atoms with Crippen LogP contribution in [0.25, 0.3) is 0 Å². The van der Waals surface area contributed by atoms with Crippen molar-refractivity contribution in [2.75, 3.05) is 11.4 Å². The van der Waals surface area contributed by atoms with Gasteiger partial charge in [-0.15, -0.1) is 6.58 Å². The summed E-state index contributed by atoms with van der Waals surface area (Å²) in [5, 5.41) is 0. The Kier molecular flexibility index (Phi) is 4.40. The second-order valence-corrected chi connectivity index (χ2v) is 4.66. The van der Waals surface area contributed by atoms with Crippen molar-refractivity contribution in [1.29, 1.82) is 0 Å². The largest absolute Gasteiger partial charge is 0.342 e. The van der Waals surface area contributed by atoms with Gasteiger partial charge >= 0.3 is 0 Å². The molecule has 0 aliphatic heterocycles. The molecule has 0 saturated heterocycles. The molecule has 1 atom stereocenters. The van der Waals surface area contributed by atoms with Crippen molar-refractivity contribution in [3.8, 4) is 0 Å². The molecule has 1 heteroatoms. The minimum atomic E-state index is 0.356. The molecule has 0 N–H and O–H groups in total. The Morgan fingerprint density at radius 1 is 1.05 bits per heavy atom. The summed E-state index contributed by atoms with van der Waals surface area (Å²) in [6.45, 7) is 9.23. The molecule has 1 unspecified atom stereocenters. The van der Waals surface area contributed by atoms with Crippen LogP contribution in [0.4, 0.5) is 11.4 Å². The predicted octanol–water partition coefficient (Wildman–Crippen LogP) is 5.13. The average molecular weight is 251 g/mol. The van der Waals surface area contributed by atoms with Gasteiger partial charge in [-0.1, -0.05) is 49.4 Å². The number of rotatable bonds is 5. The van der Waals surface area contributed by atoms with Gasteiger partial charge in [0.1, 0.15) is 0 Å². The van der Waals surface area contributed by atoms with Gasteiger partial charge in [0.25, 0.3) is 0 Å².